The lowest BCUT2D eigenvalue weighted by molar-refractivity contribution is -0.141. The molecule has 0 saturated heterocycles. The van der Waals surface area contributed by atoms with Crippen molar-refractivity contribution in [3.8, 4) is 0 Å². The number of carbonyl (C=O) groups is 2. The number of anilines is 1. The smallest absolute Gasteiger partial charge is 0.355 e. The number of sulfonamides is 1. The van der Waals surface area contributed by atoms with Gasteiger partial charge in [-0.25, -0.2) is 12.8 Å². The number of likely N-dealkylation sites (N-methyl/N-ethyl adjacent to an activating group) is 1. The minimum absolute atomic E-state index is 0.0167. The minimum Gasteiger partial charge on any atom is -0.355 e. The highest BCUT2D eigenvalue weighted by molar-refractivity contribution is 7.92. The van der Waals surface area contributed by atoms with Crippen LogP contribution in [0.4, 0.5) is 23.2 Å². The average Bonchev–Trinajstić information content (AvgIpc) is 2.93. The number of hydrogen-bond acceptors (Lipinski definition) is 4. The molecule has 0 bridgehead atoms. The summed E-state index contributed by atoms with van der Waals surface area (Å²) in [4.78, 5) is 28.2. The predicted molar refractivity (Wildman–Crippen MR) is 152 cm³/mol. The number of halogens is 4. The maximum absolute atomic E-state index is 13.7. The first-order chi connectivity index (χ1) is 19.8. The molecule has 3 rings (SSSR count). The van der Waals surface area contributed by atoms with Crippen LogP contribution in [-0.4, -0.2) is 50.5 Å². The molecule has 0 aliphatic carbocycles. The van der Waals surface area contributed by atoms with Crippen LogP contribution < -0.4 is 9.62 Å². The molecule has 0 aliphatic heterocycles. The van der Waals surface area contributed by atoms with Crippen LogP contribution in [0.5, 0.6) is 0 Å². The van der Waals surface area contributed by atoms with E-state index in [1.54, 1.807) is 6.92 Å². The fourth-order valence-electron chi connectivity index (χ4n) is 4.47. The molecule has 2 amide bonds. The van der Waals surface area contributed by atoms with E-state index in [4.69, 9.17) is 0 Å². The topological polar surface area (TPSA) is 86.8 Å². The van der Waals surface area contributed by atoms with E-state index in [0.717, 1.165) is 34.3 Å². The van der Waals surface area contributed by atoms with Crippen molar-refractivity contribution in [3.05, 3.63) is 101 Å². The average molecular weight is 608 g/mol. The predicted octanol–water partition coefficient (Wildman–Crippen LogP) is 5.17. The van der Waals surface area contributed by atoms with E-state index >= 15 is 0 Å². The molecule has 0 aromatic heterocycles. The van der Waals surface area contributed by atoms with Gasteiger partial charge in [-0.1, -0.05) is 48.5 Å². The second-order valence-electron chi connectivity index (χ2n) is 9.73. The van der Waals surface area contributed by atoms with Crippen molar-refractivity contribution in [2.75, 3.05) is 23.7 Å². The lowest BCUT2D eigenvalue weighted by atomic mass is 10.0. The molecule has 1 N–H and O–H groups in total. The standard InChI is InChI=1S/C30H33F4N3O4S/c1-3-35-29(39)27(19-22-9-5-4-6-10-22)36(21-23-14-16-25(31)17-15-23)28(38)13-8-18-37(42(2,40)41)26-12-7-11-24(20-26)30(32,33)34/h4-7,9-12,14-17,20,27H,3,8,13,18-19,21H2,1-2H3,(H,35,39). The summed E-state index contributed by atoms with van der Waals surface area (Å²) in [6, 6.07) is 17.6. The Bertz CT molecular complexity index is 1450. The molecule has 7 nitrogen and oxygen atoms in total. The maximum Gasteiger partial charge on any atom is 0.416 e. The molecule has 3 aromatic rings. The third-order valence-corrected chi connectivity index (χ3v) is 7.70. The highest BCUT2D eigenvalue weighted by Crippen LogP contribution is 2.32. The molecular weight excluding hydrogens is 574 g/mol. The molecule has 0 spiro atoms. The maximum atomic E-state index is 13.7. The van der Waals surface area contributed by atoms with Crippen LogP contribution in [0.25, 0.3) is 0 Å². The zero-order valence-corrected chi connectivity index (χ0v) is 24.1. The van der Waals surface area contributed by atoms with Crippen molar-refractivity contribution in [3.63, 3.8) is 0 Å². The monoisotopic (exact) mass is 607 g/mol. The van der Waals surface area contributed by atoms with Gasteiger partial charge in [0.1, 0.15) is 11.9 Å². The molecule has 0 radical (unpaired) electrons. The van der Waals surface area contributed by atoms with Gasteiger partial charge in [0, 0.05) is 32.5 Å². The van der Waals surface area contributed by atoms with Gasteiger partial charge >= 0.3 is 6.18 Å². The molecule has 0 heterocycles. The van der Waals surface area contributed by atoms with Gasteiger partial charge in [-0.05, 0) is 54.8 Å². The van der Waals surface area contributed by atoms with Gasteiger partial charge in [0.05, 0.1) is 17.5 Å². The second kappa shape index (κ2) is 14.3. The van der Waals surface area contributed by atoms with Gasteiger partial charge in [-0.3, -0.25) is 13.9 Å². The molecule has 1 atom stereocenters. The van der Waals surface area contributed by atoms with Gasteiger partial charge in [0.2, 0.25) is 21.8 Å². The summed E-state index contributed by atoms with van der Waals surface area (Å²) in [5, 5.41) is 2.76. The quantitative estimate of drug-likeness (QED) is 0.272. The van der Waals surface area contributed by atoms with Crippen molar-refractivity contribution < 1.29 is 35.6 Å². The Morgan fingerprint density at radius 1 is 0.929 bits per heavy atom. The number of amides is 2. The molecule has 42 heavy (non-hydrogen) atoms. The Balaban J connectivity index is 1.87. The largest absolute Gasteiger partial charge is 0.416 e. The van der Waals surface area contributed by atoms with Gasteiger partial charge in [0.15, 0.2) is 0 Å². The van der Waals surface area contributed by atoms with Crippen LogP contribution in [0.1, 0.15) is 36.5 Å². The third-order valence-electron chi connectivity index (χ3n) is 6.50. The van der Waals surface area contributed by atoms with Gasteiger partial charge in [0.25, 0.3) is 0 Å². The fraction of sp³-hybridized carbons (Fsp3) is 0.333. The summed E-state index contributed by atoms with van der Waals surface area (Å²) in [7, 11) is -3.99. The Morgan fingerprint density at radius 2 is 1.60 bits per heavy atom. The number of alkyl halides is 3. The first kappa shape index (κ1) is 32.6. The molecule has 0 saturated carbocycles. The highest BCUT2D eigenvalue weighted by atomic mass is 32.2. The first-order valence-corrected chi connectivity index (χ1v) is 15.1. The number of benzene rings is 3. The van der Waals surface area contributed by atoms with Crippen molar-refractivity contribution in [2.45, 2.75) is 44.9 Å². The van der Waals surface area contributed by atoms with Gasteiger partial charge < -0.3 is 10.2 Å². The van der Waals surface area contributed by atoms with Crippen LogP contribution in [0.15, 0.2) is 78.9 Å². The third kappa shape index (κ3) is 9.30. The Hall–Kier alpha value is -3.93. The Morgan fingerprint density at radius 3 is 2.19 bits per heavy atom. The lowest BCUT2D eigenvalue weighted by Gasteiger charge is -2.32. The van der Waals surface area contributed by atoms with E-state index in [2.05, 4.69) is 5.32 Å². The zero-order valence-electron chi connectivity index (χ0n) is 23.3. The van der Waals surface area contributed by atoms with Crippen LogP contribution in [-0.2, 0) is 38.8 Å². The number of nitrogens with zero attached hydrogens (tertiary/aromatic N) is 2. The van der Waals surface area contributed by atoms with Crippen molar-refractivity contribution >= 4 is 27.5 Å². The summed E-state index contributed by atoms with van der Waals surface area (Å²) < 4.78 is 79.2. The lowest BCUT2D eigenvalue weighted by Crippen LogP contribution is -2.50. The number of carbonyl (C=O) groups excluding carboxylic acids is 2. The SMILES string of the molecule is CCNC(=O)C(Cc1ccccc1)N(Cc1ccc(F)cc1)C(=O)CCCN(c1cccc(C(F)(F)F)c1)S(C)(=O)=O. The summed E-state index contributed by atoms with van der Waals surface area (Å²) in [6.45, 7) is 1.79. The van der Waals surface area contributed by atoms with Crippen molar-refractivity contribution in [1.82, 2.24) is 10.2 Å². The van der Waals surface area contributed by atoms with E-state index in [1.165, 1.54) is 35.2 Å². The fourth-order valence-corrected chi connectivity index (χ4v) is 5.43. The summed E-state index contributed by atoms with van der Waals surface area (Å²) in [6.07, 6.45) is -3.82. The summed E-state index contributed by atoms with van der Waals surface area (Å²) in [5.74, 6) is -1.32. The van der Waals surface area contributed by atoms with Gasteiger partial charge in [-0.15, -0.1) is 0 Å². The Kier molecular flexibility index (Phi) is 11.1. The van der Waals surface area contributed by atoms with Crippen LogP contribution >= 0.6 is 0 Å². The second-order valence-corrected chi connectivity index (χ2v) is 11.6. The van der Waals surface area contributed by atoms with E-state index in [-0.39, 0.29) is 38.0 Å². The van der Waals surface area contributed by atoms with E-state index in [0.29, 0.717) is 12.1 Å². The summed E-state index contributed by atoms with van der Waals surface area (Å²) in [5.41, 5.74) is 0.209. The zero-order chi connectivity index (χ0) is 30.9. The molecule has 0 aliphatic rings. The van der Waals surface area contributed by atoms with E-state index in [1.807, 2.05) is 30.3 Å². The molecule has 1 unspecified atom stereocenters. The molecule has 12 heteroatoms. The van der Waals surface area contributed by atoms with E-state index < -0.39 is 45.4 Å². The number of nitrogens with one attached hydrogen (secondary N) is 1. The van der Waals surface area contributed by atoms with Crippen LogP contribution in [0, 0.1) is 5.82 Å². The Labute approximate surface area is 243 Å². The van der Waals surface area contributed by atoms with Crippen molar-refractivity contribution in [1.29, 1.82) is 0 Å². The highest BCUT2D eigenvalue weighted by Gasteiger charge is 2.32. The first-order valence-electron chi connectivity index (χ1n) is 13.3. The molecule has 0 fully saturated rings. The van der Waals surface area contributed by atoms with Crippen LogP contribution in [0.2, 0.25) is 0 Å². The van der Waals surface area contributed by atoms with Crippen molar-refractivity contribution in [2.24, 2.45) is 0 Å². The number of hydrogen-bond donors (Lipinski definition) is 1. The van der Waals surface area contributed by atoms with Crippen LogP contribution in [0.3, 0.4) is 0 Å². The molecular formula is C30H33F4N3O4S. The molecule has 3 aromatic carbocycles. The minimum atomic E-state index is -4.66. The summed E-state index contributed by atoms with van der Waals surface area (Å²) >= 11 is 0. The normalized spacial score (nSPS) is 12.4. The number of rotatable bonds is 13. The van der Waals surface area contributed by atoms with Gasteiger partial charge in [-0.2, -0.15) is 13.2 Å². The molecule has 226 valence electrons. The van der Waals surface area contributed by atoms with E-state index in [9.17, 15) is 35.6 Å².